The van der Waals surface area contributed by atoms with Crippen LogP contribution < -0.4 is 0 Å². The standard InChI is InChI=1S/C74H136O6/c1-4-7-10-13-16-19-22-25-27-28-29-30-31-32-33-34-35-36-37-38-39-40-41-42-43-44-45-47-49-52-55-58-61-64-67-73(76)79-70-71(69-78-72(75)66-63-60-57-54-51-48-24-21-18-15-12-9-6-3)80-74(77)68-65-62-59-56-53-50-46-26-23-20-17-14-11-8-5-2/h8,11,17,20,26,46,53,56,71H,4-7,9-10,12-16,18-19,21-25,27-45,47-52,54-55,57-70H2,1-3H3/b11-8-,20-17-,46-26-,56-53-. The van der Waals surface area contributed by atoms with Crippen LogP contribution in [0, 0.1) is 0 Å². The number of esters is 3. The van der Waals surface area contributed by atoms with Crippen molar-refractivity contribution in [3.05, 3.63) is 48.6 Å². The second-order valence-electron chi connectivity index (χ2n) is 24.1. The molecule has 6 heteroatoms. The van der Waals surface area contributed by atoms with Crippen molar-refractivity contribution in [2.75, 3.05) is 13.2 Å². The van der Waals surface area contributed by atoms with Gasteiger partial charge in [0, 0.05) is 19.3 Å². The topological polar surface area (TPSA) is 78.9 Å². The third-order valence-corrected chi connectivity index (χ3v) is 16.1. The third kappa shape index (κ3) is 66.2. The predicted octanol–water partition coefficient (Wildman–Crippen LogP) is 24.5. The van der Waals surface area contributed by atoms with Crippen molar-refractivity contribution in [1.29, 1.82) is 0 Å². The van der Waals surface area contributed by atoms with Gasteiger partial charge in [-0.15, -0.1) is 0 Å². The fraction of sp³-hybridized carbons (Fsp3) is 0.851. The van der Waals surface area contributed by atoms with Crippen LogP contribution in [-0.2, 0) is 28.6 Å². The molecule has 0 aromatic heterocycles. The fourth-order valence-electron chi connectivity index (χ4n) is 10.8. The quantitative estimate of drug-likeness (QED) is 0.0261. The zero-order valence-electron chi connectivity index (χ0n) is 53.9. The Labute approximate surface area is 498 Å². The van der Waals surface area contributed by atoms with Gasteiger partial charge in [-0.1, -0.05) is 358 Å². The van der Waals surface area contributed by atoms with E-state index >= 15 is 0 Å². The summed E-state index contributed by atoms with van der Waals surface area (Å²) < 4.78 is 16.9. The summed E-state index contributed by atoms with van der Waals surface area (Å²) in [4.78, 5) is 38.3. The fourth-order valence-corrected chi connectivity index (χ4v) is 10.8. The van der Waals surface area contributed by atoms with Crippen molar-refractivity contribution in [2.24, 2.45) is 0 Å². The molecule has 0 radical (unpaired) electrons. The lowest BCUT2D eigenvalue weighted by molar-refractivity contribution is -0.167. The molecule has 0 aliphatic heterocycles. The lowest BCUT2D eigenvalue weighted by atomic mass is 10.0. The highest BCUT2D eigenvalue weighted by atomic mass is 16.6. The molecule has 0 aromatic rings. The zero-order valence-corrected chi connectivity index (χ0v) is 53.9. The van der Waals surface area contributed by atoms with Gasteiger partial charge in [0.1, 0.15) is 13.2 Å². The van der Waals surface area contributed by atoms with E-state index in [0.29, 0.717) is 19.3 Å². The van der Waals surface area contributed by atoms with Crippen LogP contribution >= 0.6 is 0 Å². The van der Waals surface area contributed by atoms with Crippen LogP contribution in [0.1, 0.15) is 387 Å². The first-order valence-corrected chi connectivity index (χ1v) is 35.6. The van der Waals surface area contributed by atoms with Gasteiger partial charge < -0.3 is 14.2 Å². The number of allylic oxidation sites excluding steroid dienone is 8. The first-order valence-electron chi connectivity index (χ1n) is 35.6. The maximum Gasteiger partial charge on any atom is 0.306 e. The SMILES string of the molecule is CC/C=C\C/C=C\C/C=C\C/C=C\CCCCC(=O)OC(COC(=O)CCCCCCCCCCCCCCC)COC(=O)CCCCCCCCCCCCCCCCCCCCCCCCCCCCCCCCCCCC. The Kier molecular flexibility index (Phi) is 66.6. The van der Waals surface area contributed by atoms with Crippen LogP contribution in [-0.4, -0.2) is 37.2 Å². The number of hydrogen-bond acceptors (Lipinski definition) is 6. The molecule has 0 aliphatic carbocycles. The molecular formula is C74H136O6. The Hall–Kier alpha value is -2.63. The summed E-state index contributed by atoms with van der Waals surface area (Å²) in [6.07, 6.45) is 87.5. The smallest absolute Gasteiger partial charge is 0.306 e. The van der Waals surface area contributed by atoms with Gasteiger partial charge in [0.05, 0.1) is 0 Å². The average molecular weight is 1120 g/mol. The summed E-state index contributed by atoms with van der Waals surface area (Å²) in [5.41, 5.74) is 0. The van der Waals surface area contributed by atoms with E-state index in [1.807, 2.05) is 0 Å². The third-order valence-electron chi connectivity index (χ3n) is 16.1. The van der Waals surface area contributed by atoms with Crippen molar-refractivity contribution in [2.45, 2.75) is 393 Å². The highest BCUT2D eigenvalue weighted by Gasteiger charge is 2.19. The number of carbonyl (C=O) groups is 3. The lowest BCUT2D eigenvalue weighted by Gasteiger charge is -2.18. The Morgan fingerprint density at radius 3 is 0.762 bits per heavy atom. The Morgan fingerprint density at radius 2 is 0.487 bits per heavy atom. The highest BCUT2D eigenvalue weighted by Crippen LogP contribution is 2.19. The molecule has 0 aliphatic rings. The van der Waals surface area contributed by atoms with Crippen LogP contribution in [0.4, 0.5) is 0 Å². The van der Waals surface area contributed by atoms with Gasteiger partial charge in [0.25, 0.3) is 0 Å². The molecule has 0 amide bonds. The van der Waals surface area contributed by atoms with Gasteiger partial charge in [-0.2, -0.15) is 0 Å². The van der Waals surface area contributed by atoms with E-state index in [0.717, 1.165) is 77.0 Å². The molecule has 0 fully saturated rings. The molecule has 0 N–H and O–H groups in total. The number of ether oxygens (including phenoxy) is 3. The average Bonchev–Trinajstić information content (AvgIpc) is 3.46. The van der Waals surface area contributed by atoms with Crippen molar-refractivity contribution < 1.29 is 28.6 Å². The summed E-state index contributed by atoms with van der Waals surface area (Å²) in [5, 5.41) is 0. The molecule has 0 saturated carbocycles. The first-order chi connectivity index (χ1) is 39.5. The molecule has 468 valence electrons. The first kappa shape index (κ1) is 77.4. The maximum absolute atomic E-state index is 12.9. The van der Waals surface area contributed by atoms with Gasteiger partial charge in [-0.25, -0.2) is 0 Å². The highest BCUT2D eigenvalue weighted by molar-refractivity contribution is 5.71. The summed E-state index contributed by atoms with van der Waals surface area (Å²) in [6.45, 7) is 6.55. The van der Waals surface area contributed by atoms with Crippen LogP contribution in [0.2, 0.25) is 0 Å². The Balaban J connectivity index is 4.07. The molecule has 0 bridgehead atoms. The molecule has 0 rings (SSSR count). The van der Waals surface area contributed by atoms with Gasteiger partial charge in [-0.3, -0.25) is 14.4 Å². The molecule has 1 unspecified atom stereocenters. The number of hydrogen-bond donors (Lipinski definition) is 0. The molecule has 0 spiro atoms. The second kappa shape index (κ2) is 68.9. The molecule has 0 heterocycles. The normalized spacial score (nSPS) is 12.3. The van der Waals surface area contributed by atoms with Gasteiger partial charge in [-0.05, 0) is 57.8 Å². The molecule has 0 saturated heterocycles. The van der Waals surface area contributed by atoms with Crippen molar-refractivity contribution >= 4 is 17.9 Å². The molecule has 1 atom stereocenters. The lowest BCUT2D eigenvalue weighted by Crippen LogP contribution is -2.30. The van der Waals surface area contributed by atoms with E-state index in [9.17, 15) is 14.4 Å². The minimum absolute atomic E-state index is 0.0851. The molecule has 6 nitrogen and oxygen atoms in total. The summed E-state index contributed by atoms with van der Waals surface area (Å²) >= 11 is 0. The number of unbranched alkanes of at least 4 members (excludes halogenated alkanes) is 47. The van der Waals surface area contributed by atoms with Gasteiger partial charge in [0.15, 0.2) is 6.10 Å². The minimum Gasteiger partial charge on any atom is -0.462 e. The van der Waals surface area contributed by atoms with E-state index in [1.165, 1.54) is 263 Å². The second-order valence-corrected chi connectivity index (χ2v) is 24.1. The largest absolute Gasteiger partial charge is 0.462 e. The summed E-state index contributed by atoms with van der Waals surface area (Å²) in [5.74, 6) is -0.904. The van der Waals surface area contributed by atoms with Crippen LogP contribution in [0.15, 0.2) is 48.6 Å². The van der Waals surface area contributed by atoms with E-state index in [-0.39, 0.29) is 37.5 Å². The molecular weight excluding hydrogens is 985 g/mol. The zero-order chi connectivity index (χ0) is 57.8. The maximum atomic E-state index is 12.9. The van der Waals surface area contributed by atoms with Gasteiger partial charge >= 0.3 is 17.9 Å². The number of carbonyl (C=O) groups excluding carboxylic acids is 3. The monoisotopic (exact) mass is 1120 g/mol. The van der Waals surface area contributed by atoms with Crippen LogP contribution in [0.25, 0.3) is 0 Å². The van der Waals surface area contributed by atoms with E-state index in [2.05, 4.69) is 69.4 Å². The van der Waals surface area contributed by atoms with Crippen LogP contribution in [0.3, 0.4) is 0 Å². The predicted molar refractivity (Wildman–Crippen MR) is 349 cm³/mol. The summed E-state index contributed by atoms with van der Waals surface area (Å²) in [7, 11) is 0. The van der Waals surface area contributed by atoms with E-state index in [4.69, 9.17) is 14.2 Å². The summed E-state index contributed by atoms with van der Waals surface area (Å²) in [6, 6.07) is 0. The van der Waals surface area contributed by atoms with Crippen molar-refractivity contribution in [3.63, 3.8) is 0 Å². The van der Waals surface area contributed by atoms with Gasteiger partial charge in [0.2, 0.25) is 0 Å². The molecule has 0 aromatic carbocycles. The van der Waals surface area contributed by atoms with Crippen molar-refractivity contribution in [3.8, 4) is 0 Å². The van der Waals surface area contributed by atoms with Crippen molar-refractivity contribution in [1.82, 2.24) is 0 Å². The Bertz CT molecular complexity index is 1380. The van der Waals surface area contributed by atoms with E-state index in [1.54, 1.807) is 0 Å². The minimum atomic E-state index is -0.792. The number of rotatable bonds is 66. The Morgan fingerprint density at radius 1 is 0.263 bits per heavy atom. The van der Waals surface area contributed by atoms with Crippen LogP contribution in [0.5, 0.6) is 0 Å². The van der Waals surface area contributed by atoms with E-state index < -0.39 is 6.10 Å². The molecule has 80 heavy (non-hydrogen) atoms.